The molecular weight excluding hydrogens is 548 g/mol. The second-order valence-corrected chi connectivity index (χ2v) is 9.25. The maximum atomic E-state index is 13.2. The highest BCUT2D eigenvalue weighted by molar-refractivity contribution is 5.95. The molecule has 214 valence electrons. The molecular formula is C24H23F6N7O3. The van der Waals surface area contributed by atoms with Crippen molar-refractivity contribution in [3.63, 3.8) is 0 Å². The second kappa shape index (κ2) is 10.8. The summed E-state index contributed by atoms with van der Waals surface area (Å²) >= 11 is 0. The summed E-state index contributed by atoms with van der Waals surface area (Å²) in [6, 6.07) is -0.430. The van der Waals surface area contributed by atoms with E-state index in [9.17, 15) is 35.9 Å². The van der Waals surface area contributed by atoms with Gasteiger partial charge in [0.25, 0.3) is 11.8 Å². The van der Waals surface area contributed by atoms with Crippen LogP contribution in [0.1, 0.15) is 64.6 Å². The van der Waals surface area contributed by atoms with Crippen molar-refractivity contribution in [1.29, 1.82) is 0 Å². The number of hydrogen-bond donors (Lipinski definition) is 1. The Morgan fingerprint density at radius 1 is 0.950 bits per heavy atom. The Hall–Kier alpha value is -4.08. The van der Waals surface area contributed by atoms with Gasteiger partial charge >= 0.3 is 12.4 Å². The Bertz CT molecular complexity index is 1350. The largest absolute Gasteiger partial charge is 0.416 e. The van der Waals surface area contributed by atoms with E-state index in [2.05, 4.69) is 25.4 Å². The number of morpholine rings is 1. The highest BCUT2D eigenvalue weighted by Crippen LogP contribution is 2.36. The van der Waals surface area contributed by atoms with E-state index >= 15 is 0 Å². The number of alkyl halides is 6. The van der Waals surface area contributed by atoms with Crippen LogP contribution >= 0.6 is 0 Å². The first-order chi connectivity index (χ1) is 18.6. The molecule has 0 aliphatic carbocycles. The first-order valence-electron chi connectivity index (χ1n) is 11.9. The van der Waals surface area contributed by atoms with E-state index in [0.717, 1.165) is 6.33 Å². The fourth-order valence-corrected chi connectivity index (χ4v) is 4.20. The van der Waals surface area contributed by atoms with Crippen LogP contribution in [0.15, 0.2) is 36.9 Å². The van der Waals surface area contributed by atoms with E-state index in [0.29, 0.717) is 25.2 Å². The van der Waals surface area contributed by atoms with Crippen LogP contribution in [0.2, 0.25) is 0 Å². The molecule has 1 aliphatic rings. The summed E-state index contributed by atoms with van der Waals surface area (Å²) in [4.78, 5) is 39.5. The van der Waals surface area contributed by atoms with Crippen molar-refractivity contribution < 1.29 is 40.7 Å². The van der Waals surface area contributed by atoms with Crippen LogP contribution in [-0.4, -0.2) is 66.7 Å². The summed E-state index contributed by atoms with van der Waals surface area (Å²) in [6.45, 7) is 5.86. The van der Waals surface area contributed by atoms with Gasteiger partial charge < -0.3 is 15.0 Å². The third-order valence-corrected chi connectivity index (χ3v) is 5.94. The number of nitrogens with zero attached hydrogens (tertiary/aromatic N) is 6. The lowest BCUT2D eigenvalue weighted by Gasteiger charge is -2.35. The molecule has 0 saturated carbocycles. The van der Waals surface area contributed by atoms with Gasteiger partial charge in [-0.3, -0.25) is 9.59 Å². The van der Waals surface area contributed by atoms with Crippen molar-refractivity contribution in [3.05, 3.63) is 65.1 Å². The first-order valence-corrected chi connectivity index (χ1v) is 11.9. The lowest BCUT2D eigenvalue weighted by Crippen LogP contribution is -2.48. The number of carbonyl (C=O) groups excluding carboxylic acids is 2. The van der Waals surface area contributed by atoms with Gasteiger partial charge in [0, 0.05) is 18.7 Å². The molecule has 2 aromatic heterocycles. The Morgan fingerprint density at radius 2 is 1.55 bits per heavy atom. The number of aromatic nitrogens is 5. The molecule has 0 unspecified atom stereocenters. The van der Waals surface area contributed by atoms with E-state index in [1.165, 1.54) is 24.0 Å². The molecule has 3 heterocycles. The molecule has 1 aliphatic heterocycles. The lowest BCUT2D eigenvalue weighted by molar-refractivity contribution is -0.143. The summed E-state index contributed by atoms with van der Waals surface area (Å²) in [5, 5.41) is 6.34. The van der Waals surface area contributed by atoms with Gasteiger partial charge in [0.05, 0.1) is 41.8 Å². The molecule has 2 amide bonds. The van der Waals surface area contributed by atoms with E-state index in [4.69, 9.17) is 4.74 Å². The Labute approximate surface area is 223 Å². The fourth-order valence-electron chi connectivity index (χ4n) is 4.20. The molecule has 3 atom stereocenters. The van der Waals surface area contributed by atoms with Gasteiger partial charge in [0.15, 0.2) is 11.6 Å². The maximum absolute atomic E-state index is 13.2. The van der Waals surface area contributed by atoms with Crippen LogP contribution in [-0.2, 0) is 17.1 Å². The van der Waals surface area contributed by atoms with Crippen molar-refractivity contribution in [1.82, 2.24) is 34.9 Å². The van der Waals surface area contributed by atoms with Crippen molar-refractivity contribution in [2.24, 2.45) is 0 Å². The lowest BCUT2D eigenvalue weighted by atomic mass is 10.0. The predicted molar refractivity (Wildman–Crippen MR) is 125 cm³/mol. The summed E-state index contributed by atoms with van der Waals surface area (Å²) in [5.41, 5.74) is -4.00. The number of carbonyl (C=O) groups is 2. The zero-order valence-electron chi connectivity index (χ0n) is 21.3. The minimum Gasteiger partial charge on any atom is -0.372 e. The zero-order valence-corrected chi connectivity index (χ0v) is 21.3. The molecule has 4 rings (SSSR count). The molecule has 16 heteroatoms. The average Bonchev–Trinajstić information content (AvgIpc) is 3.37. The van der Waals surface area contributed by atoms with Crippen molar-refractivity contribution >= 4 is 11.8 Å². The minimum atomic E-state index is -5.10. The smallest absolute Gasteiger partial charge is 0.372 e. The van der Waals surface area contributed by atoms with Crippen molar-refractivity contribution in [2.45, 2.75) is 51.4 Å². The van der Waals surface area contributed by atoms with Gasteiger partial charge in [-0.05, 0) is 39.0 Å². The summed E-state index contributed by atoms with van der Waals surface area (Å²) in [6.07, 6.45) is -6.91. The zero-order chi connectivity index (χ0) is 29.4. The molecule has 1 fully saturated rings. The standard InChI is InChI=1S/C24H23F6N7O3/c1-12-9-36(10-13(2)40-12)22(39)18-7-32-19(8-31-18)37-20(33-11-34-37)14(3)35-21(38)15-4-16(23(25,26)27)6-17(5-15)24(28,29)30/h4-8,11-14H,9-10H2,1-3H3,(H,35,38)/t12-,13+,14-/m0/s1. The molecule has 0 bridgehead atoms. The number of ether oxygens (including phenoxy) is 1. The number of halogens is 6. The van der Waals surface area contributed by atoms with Crippen LogP contribution in [0.3, 0.4) is 0 Å². The summed E-state index contributed by atoms with van der Waals surface area (Å²) in [7, 11) is 0. The Kier molecular flexibility index (Phi) is 7.83. The quantitative estimate of drug-likeness (QED) is 0.463. The number of benzene rings is 1. The van der Waals surface area contributed by atoms with Gasteiger partial charge in [-0.25, -0.2) is 15.0 Å². The highest BCUT2D eigenvalue weighted by Gasteiger charge is 2.37. The molecule has 40 heavy (non-hydrogen) atoms. The third-order valence-electron chi connectivity index (χ3n) is 5.94. The van der Waals surface area contributed by atoms with Crippen LogP contribution in [0.4, 0.5) is 26.3 Å². The van der Waals surface area contributed by atoms with Gasteiger partial charge in [-0.1, -0.05) is 0 Å². The molecule has 10 nitrogen and oxygen atoms in total. The van der Waals surface area contributed by atoms with Crippen LogP contribution < -0.4 is 5.32 Å². The number of rotatable bonds is 5. The molecule has 0 spiro atoms. The van der Waals surface area contributed by atoms with Gasteiger partial charge in [0.2, 0.25) is 0 Å². The molecule has 1 N–H and O–H groups in total. The highest BCUT2D eigenvalue weighted by atomic mass is 19.4. The van der Waals surface area contributed by atoms with Gasteiger partial charge in [-0.2, -0.15) is 36.1 Å². The SMILES string of the molecule is C[C@@H]1CN(C(=O)c2cnc(-n3ncnc3[C@H](C)NC(=O)c3cc(C(F)(F)F)cc(C(F)(F)F)c3)cn2)C[C@H](C)O1. The van der Waals surface area contributed by atoms with Gasteiger partial charge in [-0.15, -0.1) is 0 Å². The molecule has 1 saturated heterocycles. The average molecular weight is 571 g/mol. The Balaban J connectivity index is 1.53. The van der Waals surface area contributed by atoms with Crippen molar-refractivity contribution in [3.8, 4) is 5.82 Å². The monoisotopic (exact) mass is 571 g/mol. The molecule has 1 aromatic carbocycles. The topological polar surface area (TPSA) is 115 Å². The number of hydrogen-bond acceptors (Lipinski definition) is 7. The minimum absolute atomic E-state index is 0.0561. The fraction of sp³-hybridized carbons (Fsp3) is 0.417. The molecule has 0 radical (unpaired) electrons. The van der Waals surface area contributed by atoms with Gasteiger partial charge in [0.1, 0.15) is 12.0 Å². The summed E-state index contributed by atoms with van der Waals surface area (Å²) in [5.74, 6) is -1.38. The Morgan fingerprint density at radius 3 is 2.08 bits per heavy atom. The van der Waals surface area contributed by atoms with E-state index < -0.39 is 41.0 Å². The summed E-state index contributed by atoms with van der Waals surface area (Å²) < 4.78 is 85.9. The maximum Gasteiger partial charge on any atom is 0.416 e. The number of nitrogens with one attached hydrogen (secondary N) is 1. The molecule has 3 aromatic rings. The van der Waals surface area contributed by atoms with E-state index in [1.807, 2.05) is 13.8 Å². The third kappa shape index (κ3) is 6.38. The predicted octanol–water partition coefficient (Wildman–Crippen LogP) is 3.84. The van der Waals surface area contributed by atoms with Crippen molar-refractivity contribution in [2.75, 3.05) is 13.1 Å². The normalized spacial score (nSPS) is 18.9. The van der Waals surface area contributed by atoms with Crippen LogP contribution in [0.5, 0.6) is 0 Å². The number of amides is 2. The van der Waals surface area contributed by atoms with E-state index in [1.54, 1.807) is 4.90 Å². The second-order valence-electron chi connectivity index (χ2n) is 9.25. The van der Waals surface area contributed by atoms with Crippen LogP contribution in [0.25, 0.3) is 5.82 Å². The van der Waals surface area contributed by atoms with Crippen LogP contribution in [0, 0.1) is 0 Å². The van der Waals surface area contributed by atoms with E-state index in [-0.39, 0.29) is 41.5 Å². The first kappa shape index (κ1) is 28.9.